The smallest absolute Gasteiger partial charge is 0.211 e. The molecule has 4 nitrogen and oxygen atoms in total. The molecule has 1 heterocycles. The van der Waals surface area contributed by atoms with Gasteiger partial charge in [0.15, 0.2) is 5.76 Å². The molecule has 0 radical (unpaired) electrons. The molecule has 15 heavy (non-hydrogen) atoms. The highest BCUT2D eigenvalue weighted by molar-refractivity contribution is 5.94. The van der Waals surface area contributed by atoms with Crippen LogP contribution in [0.3, 0.4) is 0 Å². The lowest BCUT2D eigenvalue weighted by Crippen LogP contribution is -2.32. The molecule has 4 heteroatoms. The van der Waals surface area contributed by atoms with Gasteiger partial charge in [0.1, 0.15) is 0 Å². The number of likely N-dealkylation sites (N-methyl/N-ethyl adjacent to an activating group) is 1. The van der Waals surface area contributed by atoms with Crippen LogP contribution in [0.15, 0.2) is 22.8 Å². The molecule has 0 N–H and O–H groups in total. The van der Waals surface area contributed by atoms with Crippen LogP contribution in [-0.4, -0.2) is 44.0 Å². The molecule has 1 aromatic heterocycles. The van der Waals surface area contributed by atoms with Gasteiger partial charge in [0.2, 0.25) is 5.78 Å². The van der Waals surface area contributed by atoms with E-state index in [9.17, 15) is 4.79 Å². The first-order valence-corrected chi connectivity index (χ1v) is 5.06. The fraction of sp³-hybridized carbons (Fsp3) is 0.545. The number of ether oxygens (including phenoxy) is 1. The second-order valence-electron chi connectivity index (χ2n) is 3.26. The maximum atomic E-state index is 11.7. The van der Waals surface area contributed by atoms with Crippen LogP contribution in [0.1, 0.15) is 17.5 Å². The van der Waals surface area contributed by atoms with Crippen LogP contribution in [0.25, 0.3) is 0 Å². The van der Waals surface area contributed by atoms with Gasteiger partial charge in [-0.1, -0.05) is 6.92 Å². The molecule has 0 aliphatic heterocycles. The summed E-state index contributed by atoms with van der Waals surface area (Å²) in [6, 6.07) is 3.41. The van der Waals surface area contributed by atoms with E-state index in [0.29, 0.717) is 18.9 Å². The lowest BCUT2D eigenvalue weighted by Gasteiger charge is -2.17. The Morgan fingerprint density at radius 3 is 2.93 bits per heavy atom. The lowest BCUT2D eigenvalue weighted by molar-refractivity contribution is 0.0875. The second-order valence-corrected chi connectivity index (χ2v) is 3.26. The molecule has 0 saturated heterocycles. The zero-order valence-corrected chi connectivity index (χ0v) is 9.23. The quantitative estimate of drug-likeness (QED) is 0.640. The van der Waals surface area contributed by atoms with Gasteiger partial charge in [0.05, 0.1) is 19.4 Å². The summed E-state index contributed by atoms with van der Waals surface area (Å²) in [4.78, 5) is 13.7. The maximum Gasteiger partial charge on any atom is 0.211 e. The molecule has 1 aromatic rings. The lowest BCUT2D eigenvalue weighted by atomic mass is 10.3. The Morgan fingerprint density at radius 2 is 2.40 bits per heavy atom. The summed E-state index contributed by atoms with van der Waals surface area (Å²) >= 11 is 0. The molecule has 0 saturated carbocycles. The summed E-state index contributed by atoms with van der Waals surface area (Å²) in [5.41, 5.74) is 0. The van der Waals surface area contributed by atoms with Crippen molar-refractivity contribution in [2.45, 2.75) is 6.92 Å². The fourth-order valence-electron chi connectivity index (χ4n) is 1.29. The number of methoxy groups -OCH3 is 1. The van der Waals surface area contributed by atoms with E-state index in [4.69, 9.17) is 9.15 Å². The van der Waals surface area contributed by atoms with E-state index >= 15 is 0 Å². The predicted molar refractivity (Wildman–Crippen MR) is 57.0 cm³/mol. The van der Waals surface area contributed by atoms with E-state index in [1.54, 1.807) is 19.2 Å². The van der Waals surface area contributed by atoms with E-state index in [0.717, 1.165) is 13.1 Å². The van der Waals surface area contributed by atoms with E-state index in [2.05, 4.69) is 0 Å². The number of Topliss-reactive ketones (excluding diaryl/α,β-unsaturated/α-hetero) is 1. The Balaban J connectivity index is 2.41. The fourth-order valence-corrected chi connectivity index (χ4v) is 1.29. The summed E-state index contributed by atoms with van der Waals surface area (Å²) in [7, 11) is 1.65. The Morgan fingerprint density at radius 1 is 1.60 bits per heavy atom. The SMILES string of the molecule is CCN(CCOC)CC(=O)c1ccco1. The largest absolute Gasteiger partial charge is 0.461 e. The average molecular weight is 211 g/mol. The van der Waals surface area contributed by atoms with Gasteiger partial charge in [-0.3, -0.25) is 9.69 Å². The van der Waals surface area contributed by atoms with E-state index in [1.807, 2.05) is 11.8 Å². The molecule has 0 amide bonds. The van der Waals surface area contributed by atoms with Gasteiger partial charge in [0, 0.05) is 13.7 Å². The minimum Gasteiger partial charge on any atom is -0.461 e. The van der Waals surface area contributed by atoms with Crippen LogP contribution in [-0.2, 0) is 4.74 Å². The van der Waals surface area contributed by atoms with Crippen LogP contribution in [0, 0.1) is 0 Å². The van der Waals surface area contributed by atoms with Gasteiger partial charge < -0.3 is 9.15 Å². The van der Waals surface area contributed by atoms with Gasteiger partial charge in [-0.25, -0.2) is 0 Å². The van der Waals surface area contributed by atoms with Gasteiger partial charge >= 0.3 is 0 Å². The molecule has 0 aromatic carbocycles. The monoisotopic (exact) mass is 211 g/mol. The molecule has 0 aliphatic rings. The van der Waals surface area contributed by atoms with Gasteiger partial charge in [-0.2, -0.15) is 0 Å². The molecule has 0 aliphatic carbocycles. The van der Waals surface area contributed by atoms with Crippen LogP contribution < -0.4 is 0 Å². The highest BCUT2D eigenvalue weighted by Gasteiger charge is 2.12. The maximum absolute atomic E-state index is 11.7. The van der Waals surface area contributed by atoms with Crippen LogP contribution >= 0.6 is 0 Å². The van der Waals surface area contributed by atoms with Crippen LogP contribution in [0.2, 0.25) is 0 Å². The van der Waals surface area contributed by atoms with E-state index in [-0.39, 0.29) is 5.78 Å². The van der Waals surface area contributed by atoms with Crippen molar-refractivity contribution in [2.75, 3.05) is 33.4 Å². The molecule has 0 unspecified atom stereocenters. The Labute approximate surface area is 89.8 Å². The number of ketones is 1. The summed E-state index contributed by atoms with van der Waals surface area (Å²) in [5.74, 6) is 0.434. The van der Waals surface area contributed by atoms with Gasteiger partial charge in [-0.15, -0.1) is 0 Å². The van der Waals surface area contributed by atoms with Gasteiger partial charge in [-0.05, 0) is 18.7 Å². The summed E-state index contributed by atoms with van der Waals surface area (Å²) < 4.78 is 10.0. The van der Waals surface area contributed by atoms with E-state index in [1.165, 1.54) is 6.26 Å². The molecule has 0 atom stereocenters. The zero-order chi connectivity index (χ0) is 11.1. The number of hydrogen-bond donors (Lipinski definition) is 0. The molecule has 1 rings (SSSR count). The standard InChI is InChI=1S/C11H17NO3/c1-3-12(6-8-14-2)9-10(13)11-5-4-7-15-11/h4-5,7H,3,6,8-9H2,1-2H3. The van der Waals surface area contributed by atoms with E-state index < -0.39 is 0 Å². The Hall–Kier alpha value is -1.13. The van der Waals surface area contributed by atoms with Crippen molar-refractivity contribution in [2.24, 2.45) is 0 Å². The molecule has 0 fully saturated rings. The third kappa shape index (κ3) is 3.85. The Bertz CT molecular complexity index is 282. The summed E-state index contributed by atoms with van der Waals surface area (Å²) in [5, 5.41) is 0. The van der Waals surface area contributed by atoms with Crippen molar-refractivity contribution < 1.29 is 13.9 Å². The summed E-state index contributed by atoms with van der Waals surface area (Å²) in [6.45, 7) is 4.63. The number of hydrogen-bond acceptors (Lipinski definition) is 4. The number of rotatable bonds is 7. The topological polar surface area (TPSA) is 42.7 Å². The first-order valence-electron chi connectivity index (χ1n) is 5.06. The summed E-state index contributed by atoms with van der Waals surface area (Å²) in [6.07, 6.45) is 1.51. The molecular formula is C11H17NO3. The highest BCUT2D eigenvalue weighted by Crippen LogP contribution is 2.02. The number of carbonyl (C=O) groups is 1. The predicted octanol–water partition coefficient (Wildman–Crippen LogP) is 1.43. The third-order valence-corrected chi connectivity index (χ3v) is 2.22. The van der Waals surface area contributed by atoms with Crippen molar-refractivity contribution in [1.82, 2.24) is 4.90 Å². The van der Waals surface area contributed by atoms with Crippen LogP contribution in [0.5, 0.6) is 0 Å². The zero-order valence-electron chi connectivity index (χ0n) is 9.23. The van der Waals surface area contributed by atoms with Crippen molar-refractivity contribution in [3.05, 3.63) is 24.2 Å². The van der Waals surface area contributed by atoms with Crippen molar-refractivity contribution in [3.63, 3.8) is 0 Å². The molecule has 0 spiro atoms. The first kappa shape index (κ1) is 11.9. The normalized spacial score (nSPS) is 10.9. The molecule has 84 valence electrons. The molecular weight excluding hydrogens is 194 g/mol. The van der Waals surface area contributed by atoms with Gasteiger partial charge in [0.25, 0.3) is 0 Å². The van der Waals surface area contributed by atoms with Crippen molar-refractivity contribution >= 4 is 5.78 Å². The first-order chi connectivity index (χ1) is 7.27. The minimum atomic E-state index is 0.0120. The van der Waals surface area contributed by atoms with Crippen molar-refractivity contribution in [3.8, 4) is 0 Å². The average Bonchev–Trinajstić information content (AvgIpc) is 2.77. The number of nitrogens with zero attached hydrogens (tertiary/aromatic N) is 1. The molecule has 0 bridgehead atoms. The Kier molecular flexibility index (Phi) is 5.07. The number of carbonyl (C=O) groups excluding carboxylic acids is 1. The highest BCUT2D eigenvalue weighted by atomic mass is 16.5. The van der Waals surface area contributed by atoms with Crippen LogP contribution in [0.4, 0.5) is 0 Å². The minimum absolute atomic E-state index is 0.0120. The third-order valence-electron chi connectivity index (χ3n) is 2.22. The number of furan rings is 1. The van der Waals surface area contributed by atoms with Crippen molar-refractivity contribution in [1.29, 1.82) is 0 Å². The second kappa shape index (κ2) is 6.37.